The first-order valence-electron chi connectivity index (χ1n) is 10.8. The fraction of sp³-hybridized carbons (Fsp3) is 0.458. The van der Waals surface area contributed by atoms with Crippen LogP contribution < -0.4 is 10.6 Å². The predicted molar refractivity (Wildman–Crippen MR) is 137 cm³/mol. The van der Waals surface area contributed by atoms with Gasteiger partial charge in [0.05, 0.1) is 12.3 Å². The number of carbonyl (C=O) groups excluding carboxylic acids is 1. The summed E-state index contributed by atoms with van der Waals surface area (Å²) in [7, 11) is -1.19. The summed E-state index contributed by atoms with van der Waals surface area (Å²) in [4.78, 5) is 21.8. The van der Waals surface area contributed by atoms with Crippen LogP contribution in [0.2, 0.25) is 0 Å². The van der Waals surface area contributed by atoms with Gasteiger partial charge in [-0.2, -0.15) is 0 Å². The Labute approximate surface area is 197 Å². The van der Waals surface area contributed by atoms with Crippen molar-refractivity contribution in [2.75, 3.05) is 31.0 Å². The van der Waals surface area contributed by atoms with Gasteiger partial charge in [-0.3, -0.25) is 15.1 Å². The van der Waals surface area contributed by atoms with Crippen LogP contribution in [0.25, 0.3) is 11.3 Å². The second kappa shape index (κ2) is 10.7. The zero-order chi connectivity index (χ0) is 23.2. The van der Waals surface area contributed by atoms with E-state index in [0.29, 0.717) is 18.3 Å². The molecule has 2 aromatic heterocycles. The number of hydrogen-bond acceptors (Lipinski definition) is 6. The highest BCUT2D eigenvalue weighted by molar-refractivity contribution is 8.29. The molecule has 0 spiro atoms. The van der Waals surface area contributed by atoms with Gasteiger partial charge in [0.1, 0.15) is 6.04 Å². The SMILES string of the molecule is CC(C)(C)S(C)(C)OCCNC(C(=O)Nc1nc(-c2ccncc2)cs1)C1=CCCC=C1. The highest BCUT2D eigenvalue weighted by Gasteiger charge is 2.29. The van der Waals surface area contributed by atoms with Crippen molar-refractivity contribution in [2.45, 2.75) is 44.4 Å². The molecule has 0 saturated heterocycles. The molecule has 2 aromatic rings. The average molecular weight is 475 g/mol. The zero-order valence-corrected chi connectivity index (χ0v) is 21.2. The monoisotopic (exact) mass is 474 g/mol. The maximum absolute atomic E-state index is 13.2. The highest BCUT2D eigenvalue weighted by Crippen LogP contribution is 2.53. The molecule has 2 N–H and O–H groups in total. The number of thiazole rings is 1. The Balaban J connectivity index is 1.64. The van der Waals surface area contributed by atoms with Crippen molar-refractivity contribution in [2.24, 2.45) is 0 Å². The number of anilines is 1. The van der Waals surface area contributed by atoms with Gasteiger partial charge < -0.3 is 9.50 Å². The van der Waals surface area contributed by atoms with E-state index >= 15 is 0 Å². The number of hydrogen-bond donors (Lipinski definition) is 2. The van der Waals surface area contributed by atoms with Crippen LogP contribution in [0.15, 0.2) is 53.7 Å². The third kappa shape index (κ3) is 6.51. The third-order valence-electron chi connectivity index (χ3n) is 5.63. The maximum Gasteiger partial charge on any atom is 0.247 e. The molecule has 2 heterocycles. The first-order valence-corrected chi connectivity index (χ1v) is 14.1. The zero-order valence-electron chi connectivity index (χ0n) is 19.6. The van der Waals surface area contributed by atoms with E-state index in [2.05, 4.69) is 66.0 Å². The number of amides is 1. The maximum atomic E-state index is 13.2. The molecule has 1 aliphatic rings. The van der Waals surface area contributed by atoms with E-state index in [1.54, 1.807) is 12.4 Å². The lowest BCUT2D eigenvalue weighted by Crippen LogP contribution is -2.43. The molecule has 0 fully saturated rings. The molecule has 1 amide bonds. The molecule has 174 valence electrons. The highest BCUT2D eigenvalue weighted by atomic mass is 32.3. The van der Waals surface area contributed by atoms with Crippen molar-refractivity contribution >= 4 is 32.7 Å². The lowest BCUT2D eigenvalue weighted by molar-refractivity contribution is -0.117. The molecule has 1 atom stereocenters. The Morgan fingerprint density at radius 1 is 1.25 bits per heavy atom. The predicted octanol–water partition coefficient (Wildman–Crippen LogP) is 5.17. The van der Waals surface area contributed by atoms with Gasteiger partial charge in [0.15, 0.2) is 5.13 Å². The fourth-order valence-corrected chi connectivity index (χ4v) is 4.58. The standard InChI is InChI=1S/C24H34N4O2S2/c1-24(2,3)32(4,5)30-16-15-26-21(19-9-7-6-8-10-19)22(29)28-23-27-20(17-31-23)18-11-13-25-14-12-18/h7,9-14,17,21,26H,6,8,15-16H2,1-5H3,(H,27,28,29). The second-order valence-electron chi connectivity index (χ2n) is 9.00. The number of allylic oxidation sites excluding steroid dienone is 2. The van der Waals surface area contributed by atoms with Crippen LogP contribution >= 0.6 is 21.6 Å². The van der Waals surface area contributed by atoms with E-state index in [-0.39, 0.29) is 10.7 Å². The lowest BCUT2D eigenvalue weighted by atomic mass is 9.99. The summed E-state index contributed by atoms with van der Waals surface area (Å²) in [5, 5.41) is 8.92. The Hall–Kier alpha value is -2.00. The molecular weight excluding hydrogens is 440 g/mol. The molecule has 1 unspecified atom stereocenters. The summed E-state index contributed by atoms with van der Waals surface area (Å²) in [5.74, 6) is -0.110. The number of carbonyl (C=O) groups is 1. The smallest absolute Gasteiger partial charge is 0.247 e. The molecule has 6 nitrogen and oxygen atoms in total. The summed E-state index contributed by atoms with van der Waals surface area (Å²) in [6.45, 7) is 7.77. The van der Waals surface area contributed by atoms with Gasteiger partial charge in [0.25, 0.3) is 0 Å². The summed E-state index contributed by atoms with van der Waals surface area (Å²) >= 11 is 1.42. The van der Waals surface area contributed by atoms with Crippen LogP contribution in [0, 0.1) is 0 Å². The molecule has 0 aliphatic heterocycles. The summed E-state index contributed by atoms with van der Waals surface area (Å²) in [6, 6.07) is 3.36. The number of nitrogens with one attached hydrogen (secondary N) is 2. The van der Waals surface area contributed by atoms with Gasteiger partial charge in [-0.15, -0.1) is 21.6 Å². The summed E-state index contributed by atoms with van der Waals surface area (Å²) in [5.41, 5.74) is 2.79. The van der Waals surface area contributed by atoms with Crippen molar-refractivity contribution in [1.29, 1.82) is 0 Å². The van der Waals surface area contributed by atoms with Gasteiger partial charge in [-0.1, -0.05) is 39.0 Å². The molecular formula is C24H34N4O2S2. The number of nitrogens with zero attached hydrogens (tertiary/aromatic N) is 2. The second-order valence-corrected chi connectivity index (χ2v) is 13.8. The average Bonchev–Trinajstić information content (AvgIpc) is 3.22. The molecule has 0 aromatic carbocycles. The Bertz CT molecular complexity index is 962. The summed E-state index contributed by atoms with van der Waals surface area (Å²) in [6.07, 6.45) is 16.1. The van der Waals surface area contributed by atoms with Crippen LogP contribution in [0.3, 0.4) is 0 Å². The van der Waals surface area contributed by atoms with Crippen LogP contribution in [-0.2, 0) is 8.98 Å². The normalized spacial score (nSPS) is 15.8. The van der Waals surface area contributed by atoms with Gasteiger partial charge in [0.2, 0.25) is 5.91 Å². The fourth-order valence-electron chi connectivity index (χ4n) is 3.00. The van der Waals surface area contributed by atoms with Crippen molar-refractivity contribution in [1.82, 2.24) is 15.3 Å². The molecule has 3 rings (SSSR count). The molecule has 8 heteroatoms. The van der Waals surface area contributed by atoms with Crippen molar-refractivity contribution in [3.05, 3.63) is 53.7 Å². The van der Waals surface area contributed by atoms with Crippen LogP contribution in [0.5, 0.6) is 0 Å². The number of pyridine rings is 1. The van der Waals surface area contributed by atoms with Crippen molar-refractivity contribution in [3.8, 4) is 11.3 Å². The largest absolute Gasteiger partial charge is 0.335 e. The van der Waals surface area contributed by atoms with Crippen LogP contribution in [0.1, 0.15) is 33.6 Å². The van der Waals surface area contributed by atoms with Gasteiger partial charge >= 0.3 is 0 Å². The van der Waals surface area contributed by atoms with E-state index in [9.17, 15) is 4.79 Å². The number of aromatic nitrogens is 2. The Morgan fingerprint density at radius 2 is 2.00 bits per heavy atom. The Morgan fingerprint density at radius 3 is 2.66 bits per heavy atom. The van der Waals surface area contributed by atoms with E-state index < -0.39 is 16.4 Å². The van der Waals surface area contributed by atoms with Crippen molar-refractivity contribution < 1.29 is 8.98 Å². The van der Waals surface area contributed by atoms with E-state index in [4.69, 9.17) is 4.18 Å². The molecule has 0 bridgehead atoms. The van der Waals surface area contributed by atoms with E-state index in [0.717, 1.165) is 29.7 Å². The minimum atomic E-state index is -1.19. The van der Waals surface area contributed by atoms with E-state index in [1.165, 1.54) is 11.3 Å². The molecule has 0 radical (unpaired) electrons. The third-order valence-corrected chi connectivity index (χ3v) is 10.1. The minimum absolute atomic E-state index is 0.107. The minimum Gasteiger partial charge on any atom is -0.335 e. The van der Waals surface area contributed by atoms with Crippen molar-refractivity contribution in [3.63, 3.8) is 0 Å². The van der Waals surface area contributed by atoms with Gasteiger partial charge in [-0.05, 0) is 43.1 Å². The first kappa shape index (κ1) is 24.6. The van der Waals surface area contributed by atoms with Crippen LogP contribution in [-0.4, -0.2) is 52.3 Å². The van der Waals surface area contributed by atoms with Gasteiger partial charge in [0, 0.05) is 34.6 Å². The van der Waals surface area contributed by atoms with E-state index in [1.807, 2.05) is 23.6 Å². The molecule has 32 heavy (non-hydrogen) atoms. The lowest BCUT2D eigenvalue weighted by Gasteiger charge is -2.43. The van der Waals surface area contributed by atoms with Crippen LogP contribution in [0.4, 0.5) is 5.13 Å². The Kier molecular flexibility index (Phi) is 8.27. The quantitative estimate of drug-likeness (QED) is 0.490. The summed E-state index contributed by atoms with van der Waals surface area (Å²) < 4.78 is 6.33. The topological polar surface area (TPSA) is 76.1 Å². The van der Waals surface area contributed by atoms with Gasteiger partial charge in [-0.25, -0.2) is 4.98 Å². The first-order chi connectivity index (χ1) is 15.2. The number of rotatable bonds is 9. The molecule has 1 aliphatic carbocycles. The molecule has 0 saturated carbocycles.